The van der Waals surface area contributed by atoms with Gasteiger partial charge in [0.1, 0.15) is 11.5 Å². The smallest absolute Gasteiger partial charge is 0.124 e. The predicted molar refractivity (Wildman–Crippen MR) is 98.5 cm³/mol. The molecule has 0 saturated heterocycles. The van der Waals surface area contributed by atoms with E-state index in [4.69, 9.17) is 21.1 Å². The second-order valence-corrected chi connectivity index (χ2v) is 6.82. The Labute approximate surface area is 149 Å². The zero-order valence-electron chi connectivity index (χ0n) is 14.3. The van der Waals surface area contributed by atoms with Gasteiger partial charge in [-0.2, -0.15) is 0 Å². The molecule has 0 fully saturated rings. The molecule has 0 spiro atoms. The lowest BCUT2D eigenvalue weighted by Crippen LogP contribution is -2.29. The number of nitrogens with zero attached hydrogens (tertiary/aromatic N) is 1. The van der Waals surface area contributed by atoms with Gasteiger partial charge in [0.05, 0.1) is 13.7 Å². The third-order valence-electron chi connectivity index (χ3n) is 4.59. The van der Waals surface area contributed by atoms with Crippen LogP contribution < -0.4 is 9.47 Å². The molecule has 0 aromatic heterocycles. The van der Waals surface area contributed by atoms with E-state index >= 15 is 0 Å². The van der Waals surface area contributed by atoms with E-state index in [1.807, 2.05) is 24.3 Å². The zero-order chi connectivity index (χ0) is 16.9. The third-order valence-corrected chi connectivity index (χ3v) is 4.82. The highest BCUT2D eigenvalue weighted by molar-refractivity contribution is 6.30. The minimum Gasteiger partial charge on any atom is -0.497 e. The van der Waals surface area contributed by atoms with Gasteiger partial charge in [-0.25, -0.2) is 0 Å². The number of hydrogen-bond acceptors (Lipinski definition) is 3. The summed E-state index contributed by atoms with van der Waals surface area (Å²) in [6.07, 6.45) is 2.07. The Bertz CT molecular complexity index is 689. The van der Waals surface area contributed by atoms with Crippen LogP contribution in [-0.2, 0) is 6.42 Å². The molecule has 1 heterocycles. The molecule has 2 aromatic carbocycles. The molecule has 0 aliphatic carbocycles. The molecule has 1 aliphatic rings. The maximum atomic E-state index is 6.07. The molecule has 3 rings (SSSR count). The van der Waals surface area contributed by atoms with Crippen LogP contribution in [0.3, 0.4) is 0 Å². The van der Waals surface area contributed by atoms with Crippen molar-refractivity contribution in [1.29, 1.82) is 0 Å². The molecule has 0 amide bonds. The Morgan fingerprint density at radius 1 is 1.25 bits per heavy atom. The van der Waals surface area contributed by atoms with E-state index in [2.05, 4.69) is 30.1 Å². The van der Waals surface area contributed by atoms with E-state index in [9.17, 15) is 0 Å². The fourth-order valence-corrected chi connectivity index (χ4v) is 3.40. The summed E-state index contributed by atoms with van der Waals surface area (Å²) >= 11 is 6.07. The standard InChI is InChI=1S/C20H24ClNO2/c1-22(10-8-15-4-3-5-18(12-15)23-2)14-16-9-11-24-20-13-17(21)6-7-19(16)20/h3-7,12-13,16H,8-11,14H2,1-2H3. The van der Waals surface area contributed by atoms with Gasteiger partial charge in [-0.1, -0.05) is 29.8 Å². The fraction of sp³-hybridized carbons (Fsp3) is 0.400. The van der Waals surface area contributed by atoms with Gasteiger partial charge < -0.3 is 14.4 Å². The Balaban J connectivity index is 1.58. The molecule has 3 nitrogen and oxygen atoms in total. The van der Waals surface area contributed by atoms with Crippen LogP contribution in [-0.4, -0.2) is 38.8 Å². The van der Waals surface area contributed by atoms with Gasteiger partial charge in [0.25, 0.3) is 0 Å². The summed E-state index contributed by atoms with van der Waals surface area (Å²) in [6.45, 7) is 2.82. The van der Waals surface area contributed by atoms with Gasteiger partial charge in [-0.05, 0) is 55.3 Å². The molecular weight excluding hydrogens is 322 g/mol. The van der Waals surface area contributed by atoms with E-state index in [1.165, 1.54) is 11.1 Å². The second-order valence-electron chi connectivity index (χ2n) is 6.38. The van der Waals surface area contributed by atoms with Crippen molar-refractivity contribution in [3.63, 3.8) is 0 Å². The third kappa shape index (κ3) is 4.22. The lowest BCUT2D eigenvalue weighted by molar-refractivity contribution is 0.232. The van der Waals surface area contributed by atoms with Crippen molar-refractivity contribution in [2.24, 2.45) is 0 Å². The first-order chi connectivity index (χ1) is 11.7. The lowest BCUT2D eigenvalue weighted by Gasteiger charge is -2.29. The van der Waals surface area contributed by atoms with Crippen LogP contribution >= 0.6 is 11.6 Å². The molecule has 128 valence electrons. The number of ether oxygens (including phenoxy) is 2. The number of halogens is 1. The van der Waals surface area contributed by atoms with Crippen LogP contribution in [0.15, 0.2) is 42.5 Å². The van der Waals surface area contributed by atoms with Gasteiger partial charge in [0.2, 0.25) is 0 Å². The second kappa shape index (κ2) is 7.91. The first-order valence-electron chi connectivity index (χ1n) is 8.39. The van der Waals surface area contributed by atoms with Crippen molar-refractivity contribution >= 4 is 11.6 Å². The first-order valence-corrected chi connectivity index (χ1v) is 8.77. The molecule has 1 unspecified atom stereocenters. The SMILES string of the molecule is COc1cccc(CCN(C)CC2CCOc3cc(Cl)ccc32)c1. The largest absolute Gasteiger partial charge is 0.497 e. The Morgan fingerprint density at radius 2 is 2.12 bits per heavy atom. The van der Waals surface area contributed by atoms with Crippen LogP contribution in [0, 0.1) is 0 Å². The maximum absolute atomic E-state index is 6.07. The Kier molecular flexibility index (Phi) is 5.64. The summed E-state index contributed by atoms with van der Waals surface area (Å²) in [5.74, 6) is 2.37. The molecule has 0 N–H and O–H groups in total. The minimum absolute atomic E-state index is 0.501. The van der Waals surface area contributed by atoms with E-state index in [0.29, 0.717) is 5.92 Å². The number of likely N-dealkylation sites (N-methyl/N-ethyl adjacent to an activating group) is 1. The number of rotatable bonds is 6. The van der Waals surface area contributed by atoms with Crippen LogP contribution in [0.2, 0.25) is 5.02 Å². The van der Waals surface area contributed by atoms with E-state index < -0.39 is 0 Å². The zero-order valence-corrected chi connectivity index (χ0v) is 15.1. The highest BCUT2D eigenvalue weighted by Gasteiger charge is 2.22. The topological polar surface area (TPSA) is 21.7 Å². The molecule has 0 bridgehead atoms. The Hall–Kier alpha value is -1.71. The normalized spacial score (nSPS) is 16.6. The van der Waals surface area contributed by atoms with Gasteiger partial charge in [-0.3, -0.25) is 0 Å². The summed E-state index contributed by atoms with van der Waals surface area (Å²) in [7, 11) is 3.89. The number of fused-ring (bicyclic) bond motifs is 1. The maximum Gasteiger partial charge on any atom is 0.124 e. The molecule has 4 heteroatoms. The van der Waals surface area contributed by atoms with Crippen molar-refractivity contribution < 1.29 is 9.47 Å². The van der Waals surface area contributed by atoms with Crippen molar-refractivity contribution in [1.82, 2.24) is 4.90 Å². The number of benzene rings is 2. The number of methoxy groups -OCH3 is 1. The summed E-state index contributed by atoms with van der Waals surface area (Å²) in [5.41, 5.74) is 2.58. The van der Waals surface area contributed by atoms with Gasteiger partial charge in [0, 0.05) is 24.0 Å². The Morgan fingerprint density at radius 3 is 2.96 bits per heavy atom. The van der Waals surface area contributed by atoms with Gasteiger partial charge in [-0.15, -0.1) is 0 Å². The minimum atomic E-state index is 0.501. The van der Waals surface area contributed by atoms with Gasteiger partial charge in [0.15, 0.2) is 0 Å². The van der Waals surface area contributed by atoms with E-state index in [0.717, 1.165) is 49.1 Å². The molecule has 0 radical (unpaired) electrons. The summed E-state index contributed by atoms with van der Waals surface area (Å²) < 4.78 is 11.0. The summed E-state index contributed by atoms with van der Waals surface area (Å²) in [6, 6.07) is 14.3. The highest BCUT2D eigenvalue weighted by Crippen LogP contribution is 2.35. The van der Waals surface area contributed by atoms with Gasteiger partial charge >= 0.3 is 0 Å². The lowest BCUT2D eigenvalue weighted by atomic mass is 9.92. The number of hydrogen-bond donors (Lipinski definition) is 0. The first kappa shape index (κ1) is 17.1. The molecule has 0 saturated carbocycles. The van der Waals surface area contributed by atoms with Crippen LogP contribution in [0.4, 0.5) is 0 Å². The molecule has 1 atom stereocenters. The molecule has 1 aliphatic heterocycles. The van der Waals surface area contributed by atoms with Crippen LogP contribution in [0.5, 0.6) is 11.5 Å². The predicted octanol–water partition coefficient (Wildman–Crippen LogP) is 4.39. The van der Waals surface area contributed by atoms with Crippen molar-refractivity contribution in [3.05, 3.63) is 58.6 Å². The van der Waals surface area contributed by atoms with E-state index in [1.54, 1.807) is 7.11 Å². The molecule has 2 aromatic rings. The molecule has 24 heavy (non-hydrogen) atoms. The fourth-order valence-electron chi connectivity index (χ4n) is 3.24. The molecular formula is C20H24ClNO2. The summed E-state index contributed by atoms with van der Waals surface area (Å²) in [4.78, 5) is 2.40. The average molecular weight is 346 g/mol. The summed E-state index contributed by atoms with van der Waals surface area (Å²) in [5, 5.41) is 0.737. The van der Waals surface area contributed by atoms with Crippen LogP contribution in [0.25, 0.3) is 0 Å². The van der Waals surface area contributed by atoms with Crippen molar-refractivity contribution in [2.45, 2.75) is 18.8 Å². The quantitative estimate of drug-likeness (QED) is 0.775. The highest BCUT2D eigenvalue weighted by atomic mass is 35.5. The van der Waals surface area contributed by atoms with Crippen molar-refractivity contribution in [2.75, 3.05) is 33.9 Å². The monoisotopic (exact) mass is 345 g/mol. The van der Waals surface area contributed by atoms with Crippen molar-refractivity contribution in [3.8, 4) is 11.5 Å². The van der Waals surface area contributed by atoms with Crippen LogP contribution in [0.1, 0.15) is 23.5 Å². The average Bonchev–Trinajstić information content (AvgIpc) is 2.60. The van der Waals surface area contributed by atoms with E-state index in [-0.39, 0.29) is 0 Å².